The Kier molecular flexibility index (Phi) is 6.33. The Morgan fingerprint density at radius 2 is 1.97 bits per heavy atom. The molecule has 3 aromatic rings. The van der Waals surface area contributed by atoms with Crippen LogP contribution in [0.3, 0.4) is 0 Å². The van der Waals surface area contributed by atoms with E-state index in [4.69, 9.17) is 4.74 Å². The van der Waals surface area contributed by atoms with E-state index < -0.39 is 0 Å². The first kappa shape index (κ1) is 24.5. The summed E-state index contributed by atoms with van der Waals surface area (Å²) in [5.74, 6) is 0.732. The summed E-state index contributed by atoms with van der Waals surface area (Å²) in [6, 6.07) is 18.4. The maximum absolute atomic E-state index is 13.7. The van der Waals surface area contributed by atoms with Crippen LogP contribution < -0.4 is 25.7 Å². The van der Waals surface area contributed by atoms with Gasteiger partial charge >= 0.3 is 0 Å². The quantitative estimate of drug-likeness (QED) is 0.486. The number of carbonyl (C=O) groups is 1. The number of ether oxygens (including phenoxy) is 1. The number of piperidine rings is 1. The summed E-state index contributed by atoms with van der Waals surface area (Å²) in [6.07, 6.45) is 2.09. The van der Waals surface area contributed by atoms with E-state index in [0.29, 0.717) is 32.5 Å². The zero-order valence-electron chi connectivity index (χ0n) is 21.2. The summed E-state index contributed by atoms with van der Waals surface area (Å²) in [5, 5.41) is 24.1. The topological polar surface area (TPSA) is 110 Å². The van der Waals surface area contributed by atoms with Gasteiger partial charge in [0.2, 0.25) is 5.91 Å². The fourth-order valence-electron chi connectivity index (χ4n) is 6.71. The molecule has 1 saturated heterocycles. The summed E-state index contributed by atoms with van der Waals surface area (Å²) in [6.45, 7) is 1.77. The molecule has 6 rings (SSSR count). The van der Waals surface area contributed by atoms with Gasteiger partial charge in [-0.1, -0.05) is 18.2 Å². The van der Waals surface area contributed by atoms with Gasteiger partial charge in [0.1, 0.15) is 5.75 Å². The maximum atomic E-state index is 13.7. The molecule has 2 N–H and O–H groups in total. The second kappa shape index (κ2) is 9.81. The molecule has 9 heteroatoms. The van der Waals surface area contributed by atoms with Crippen LogP contribution in [0.5, 0.6) is 5.75 Å². The van der Waals surface area contributed by atoms with Crippen LogP contribution in [0.1, 0.15) is 29.2 Å². The van der Waals surface area contributed by atoms with Crippen LogP contribution in [0.2, 0.25) is 0 Å². The molecule has 3 aliphatic rings. The van der Waals surface area contributed by atoms with Crippen molar-refractivity contribution in [2.24, 2.45) is 11.8 Å². The van der Waals surface area contributed by atoms with E-state index in [9.17, 15) is 20.0 Å². The number of hydrogen-bond donors (Lipinski definition) is 2. The van der Waals surface area contributed by atoms with Crippen molar-refractivity contribution in [2.75, 3.05) is 30.3 Å². The third-order valence-electron chi connectivity index (χ3n) is 8.42. The third kappa shape index (κ3) is 4.31. The van der Waals surface area contributed by atoms with Crippen LogP contribution in [0.4, 0.5) is 11.4 Å². The minimum Gasteiger partial charge on any atom is -0.733 e. The number of pyridine rings is 1. The molecule has 2 bridgehead atoms. The summed E-state index contributed by atoms with van der Waals surface area (Å²) >= 11 is 0. The molecule has 9 nitrogen and oxygen atoms in total. The van der Waals surface area contributed by atoms with Crippen LogP contribution in [0.25, 0.3) is 0 Å². The fraction of sp³-hybridized carbons (Fsp3) is 0.379. The standard InChI is InChI=1S/C29H31N4O5/c1-38-23-8-5-18(6-9-23)11-12-30-29(35)24-15-19-14-22(33(36)37)7-10-26(19)32-16-20-13-21(28(24)32)17-31-25(20)3-2-4-27(31)34/h2-10,14,20-21,24,28,36H,11-13,15-17H2,1H3,(H,30,35)/q-1/t20?,21?,24-,28+/m1/s1. The van der Waals surface area contributed by atoms with Crippen molar-refractivity contribution >= 4 is 17.3 Å². The molecule has 0 aliphatic carbocycles. The highest BCUT2D eigenvalue weighted by Crippen LogP contribution is 2.47. The highest BCUT2D eigenvalue weighted by atomic mass is 16.8. The van der Waals surface area contributed by atoms with Gasteiger partial charge < -0.3 is 30.0 Å². The molecular formula is C29H31N4O5-. The third-order valence-corrected chi connectivity index (χ3v) is 8.42. The molecule has 4 heterocycles. The Bertz CT molecular complexity index is 1400. The van der Waals surface area contributed by atoms with Crippen LogP contribution in [0.15, 0.2) is 65.5 Å². The Morgan fingerprint density at radius 3 is 2.74 bits per heavy atom. The molecule has 198 valence electrons. The largest absolute Gasteiger partial charge is 0.733 e. The van der Waals surface area contributed by atoms with Crippen LogP contribution in [0, 0.1) is 17.0 Å². The zero-order valence-corrected chi connectivity index (χ0v) is 21.2. The second-order valence-electron chi connectivity index (χ2n) is 10.5. The average molecular weight is 516 g/mol. The molecule has 2 unspecified atom stereocenters. The Labute approximate surface area is 220 Å². The fourth-order valence-corrected chi connectivity index (χ4v) is 6.71. The first-order valence-electron chi connectivity index (χ1n) is 13.1. The van der Waals surface area contributed by atoms with E-state index in [1.54, 1.807) is 25.3 Å². The number of anilines is 2. The van der Waals surface area contributed by atoms with E-state index in [1.165, 1.54) is 0 Å². The lowest BCUT2D eigenvalue weighted by Crippen LogP contribution is -2.61. The number of hydrogen-bond acceptors (Lipinski definition) is 7. The predicted octanol–water partition coefficient (Wildman–Crippen LogP) is 3.07. The SMILES string of the molecule is COc1ccc(CCNC(=O)[C@@H]2Cc3cc(N([O-])O)ccc3N3CC4CC(Cn5c4cccc5=O)[C@@H]23)cc1. The highest BCUT2D eigenvalue weighted by molar-refractivity contribution is 5.82. The summed E-state index contributed by atoms with van der Waals surface area (Å²) < 4.78 is 7.11. The van der Waals surface area contributed by atoms with Gasteiger partial charge in [-0.15, -0.1) is 0 Å². The van der Waals surface area contributed by atoms with Crippen molar-refractivity contribution in [1.82, 2.24) is 9.88 Å². The van der Waals surface area contributed by atoms with Gasteiger partial charge in [-0.2, -0.15) is 0 Å². The second-order valence-corrected chi connectivity index (χ2v) is 10.5. The number of carbonyl (C=O) groups excluding carboxylic acids is 1. The molecule has 2 aromatic carbocycles. The maximum Gasteiger partial charge on any atom is 0.250 e. The summed E-state index contributed by atoms with van der Waals surface area (Å²) in [5.41, 5.74) is 4.16. The lowest BCUT2D eigenvalue weighted by Gasteiger charge is -2.54. The molecule has 1 fully saturated rings. The number of nitrogens with zero attached hydrogens (tertiary/aromatic N) is 3. The molecule has 3 aliphatic heterocycles. The Morgan fingerprint density at radius 1 is 1.16 bits per heavy atom. The molecule has 1 aromatic heterocycles. The van der Waals surface area contributed by atoms with Crippen molar-refractivity contribution in [2.45, 2.75) is 37.8 Å². The minimum absolute atomic E-state index is 0.00507. The Hall–Kier alpha value is -3.82. The molecule has 4 atom stereocenters. The van der Waals surface area contributed by atoms with E-state index >= 15 is 0 Å². The zero-order chi connectivity index (χ0) is 26.4. The lowest BCUT2D eigenvalue weighted by molar-refractivity contribution is -0.126. The molecule has 1 amide bonds. The van der Waals surface area contributed by atoms with Gasteiger partial charge in [-0.05, 0) is 72.7 Å². The molecule has 38 heavy (non-hydrogen) atoms. The average Bonchev–Trinajstić information content (AvgIpc) is 2.93. The number of aromatic nitrogens is 1. The predicted molar refractivity (Wildman–Crippen MR) is 144 cm³/mol. The normalized spacial score (nSPS) is 23.1. The molecule has 0 saturated carbocycles. The number of amides is 1. The van der Waals surface area contributed by atoms with Crippen molar-refractivity contribution in [3.8, 4) is 5.75 Å². The molecule has 0 spiro atoms. The van der Waals surface area contributed by atoms with Gasteiger partial charge in [-0.3, -0.25) is 14.8 Å². The lowest BCUT2D eigenvalue weighted by atomic mass is 9.70. The number of benzene rings is 2. The summed E-state index contributed by atoms with van der Waals surface area (Å²) in [7, 11) is 1.63. The van der Waals surface area contributed by atoms with Crippen molar-refractivity contribution < 1.29 is 14.7 Å². The number of fused-ring (bicyclic) bond motifs is 8. The summed E-state index contributed by atoms with van der Waals surface area (Å²) in [4.78, 5) is 28.7. The van der Waals surface area contributed by atoms with Crippen LogP contribution in [-0.2, 0) is 24.2 Å². The van der Waals surface area contributed by atoms with Gasteiger partial charge in [0.05, 0.1) is 18.7 Å². The van der Waals surface area contributed by atoms with Gasteiger partial charge in [0, 0.05) is 49.0 Å². The van der Waals surface area contributed by atoms with Crippen LogP contribution >= 0.6 is 0 Å². The van der Waals surface area contributed by atoms with Crippen molar-refractivity contribution in [3.63, 3.8) is 0 Å². The van der Waals surface area contributed by atoms with Gasteiger partial charge in [0.15, 0.2) is 0 Å². The monoisotopic (exact) mass is 515 g/mol. The number of rotatable bonds is 6. The van der Waals surface area contributed by atoms with Gasteiger partial charge in [0.25, 0.3) is 5.56 Å². The van der Waals surface area contributed by atoms with Gasteiger partial charge in [-0.25, -0.2) is 0 Å². The van der Waals surface area contributed by atoms with E-state index in [0.717, 1.165) is 34.7 Å². The number of methoxy groups -OCH3 is 1. The smallest absolute Gasteiger partial charge is 0.250 e. The highest BCUT2D eigenvalue weighted by Gasteiger charge is 2.49. The first-order valence-corrected chi connectivity index (χ1v) is 13.1. The van der Waals surface area contributed by atoms with E-state index in [2.05, 4.69) is 10.2 Å². The van der Waals surface area contributed by atoms with Crippen molar-refractivity contribution in [1.29, 1.82) is 0 Å². The molecule has 0 radical (unpaired) electrons. The Balaban J connectivity index is 1.29. The first-order chi connectivity index (χ1) is 18.4. The number of nitrogens with one attached hydrogen (secondary N) is 1. The minimum atomic E-state index is -0.348. The van der Waals surface area contributed by atoms with E-state index in [-0.39, 0.29) is 46.2 Å². The van der Waals surface area contributed by atoms with E-state index in [1.807, 2.05) is 47.0 Å². The molecular weight excluding hydrogens is 484 g/mol. The van der Waals surface area contributed by atoms with Crippen LogP contribution in [-0.4, -0.2) is 41.9 Å². The van der Waals surface area contributed by atoms with Crippen molar-refractivity contribution in [3.05, 3.63) is 93.0 Å².